The maximum absolute atomic E-state index is 14.2. The molecule has 17 heteroatoms. The summed E-state index contributed by atoms with van der Waals surface area (Å²) in [4.78, 5) is 54.9. The standard InChI is InChI=1S/C40H52N8O5S.3H2S/c1-8-47-33-14-13-25-17-28(33)29(36(47)27-11-9-15-41-35(27)24(2)52-7)19-40(3,4)23-53-38(50)30-12-10-16-48(44-30)37(49)31(18-34-42-32(25)22-54-34)43-39(51)46-20-26(21-46)45(5)6;;;/h9,11,13-15,17,22,24,26,30-31,44H,8,10,12,16,18-21,23H2,1-7H3,(H,43,51);3*1H2/t24-,30-,31-;;;/m0.../s1. The van der Waals surface area contributed by atoms with Crippen LogP contribution < -0.4 is 10.7 Å². The number of benzene rings is 1. The minimum atomic E-state index is -0.881. The molecule has 312 valence electrons. The molecule has 2 saturated heterocycles. The number of aromatic nitrogens is 3. The number of hydrazine groups is 1. The molecule has 6 bridgehead atoms. The normalized spacial score (nSPS) is 20.4. The summed E-state index contributed by atoms with van der Waals surface area (Å²) < 4.78 is 14.2. The number of fused-ring (bicyclic) bond motifs is 6. The molecule has 3 aliphatic rings. The number of esters is 1. The van der Waals surface area contributed by atoms with Crippen molar-refractivity contribution in [3.8, 4) is 22.5 Å². The van der Waals surface area contributed by atoms with Crippen molar-refractivity contribution in [2.45, 2.75) is 84.2 Å². The fourth-order valence-electron chi connectivity index (χ4n) is 7.75. The third-order valence-corrected chi connectivity index (χ3v) is 11.9. The van der Waals surface area contributed by atoms with Crippen molar-refractivity contribution < 1.29 is 23.9 Å². The van der Waals surface area contributed by atoms with Crippen molar-refractivity contribution in [3.63, 3.8) is 0 Å². The number of hydrogen-bond acceptors (Lipinski definition) is 10. The average Bonchev–Trinajstić information content (AvgIpc) is 3.73. The summed E-state index contributed by atoms with van der Waals surface area (Å²) >= 11 is 1.47. The SMILES string of the molecule is CCn1c(-c2cccnc2[C@H](C)OC)c2c3cc(ccc31)-c1csc(n1)C[C@H](NC(=O)N1CC(N(C)C)C1)C(=O)N1CCC[C@H](N1)C(=O)OCC(C)(C)C2.S.S.S. The number of cyclic esters (lactones) is 1. The number of likely N-dealkylation sites (tertiary alicyclic amines) is 1. The van der Waals surface area contributed by atoms with Crippen molar-refractivity contribution in [1.82, 2.24) is 40.1 Å². The van der Waals surface area contributed by atoms with Crippen molar-refractivity contribution in [3.05, 3.63) is 58.2 Å². The molecular formula is C40H58N8O5S4. The van der Waals surface area contributed by atoms with Gasteiger partial charge < -0.3 is 29.2 Å². The molecular weight excluding hydrogens is 801 g/mol. The van der Waals surface area contributed by atoms with Crippen molar-refractivity contribution >= 4 is 80.6 Å². The summed E-state index contributed by atoms with van der Waals surface area (Å²) in [7, 11) is 5.69. The maximum atomic E-state index is 14.2. The van der Waals surface area contributed by atoms with E-state index in [1.165, 1.54) is 16.3 Å². The third-order valence-electron chi connectivity index (χ3n) is 11.0. The topological polar surface area (TPSA) is 134 Å². The van der Waals surface area contributed by atoms with E-state index in [0.29, 0.717) is 38.9 Å². The molecule has 2 fully saturated rings. The molecule has 3 amide bonds. The summed E-state index contributed by atoms with van der Waals surface area (Å²) in [6, 6.07) is 8.96. The first-order valence-electron chi connectivity index (χ1n) is 18.9. The molecule has 3 atom stereocenters. The molecule has 0 spiro atoms. The Balaban J connectivity index is 0.00000240. The second-order valence-corrected chi connectivity index (χ2v) is 16.7. The first-order valence-corrected chi connectivity index (χ1v) is 19.8. The number of nitrogens with one attached hydrogen (secondary N) is 2. The molecule has 57 heavy (non-hydrogen) atoms. The minimum Gasteiger partial charge on any atom is -0.464 e. The smallest absolute Gasteiger partial charge is 0.324 e. The Kier molecular flexibility index (Phi) is 15.6. The second-order valence-electron chi connectivity index (χ2n) is 15.7. The van der Waals surface area contributed by atoms with Crippen LogP contribution in [0, 0.1) is 5.41 Å². The van der Waals surface area contributed by atoms with Crippen LogP contribution in [0.5, 0.6) is 0 Å². The molecule has 7 rings (SSSR count). The quantitative estimate of drug-likeness (QED) is 0.246. The van der Waals surface area contributed by atoms with Crippen molar-refractivity contribution in [1.29, 1.82) is 0 Å². The number of ether oxygens (including phenoxy) is 2. The molecule has 13 nitrogen and oxygen atoms in total. The van der Waals surface area contributed by atoms with Gasteiger partial charge in [-0.2, -0.15) is 40.5 Å². The van der Waals surface area contributed by atoms with E-state index in [9.17, 15) is 14.4 Å². The van der Waals surface area contributed by atoms with Crippen LogP contribution in [0.3, 0.4) is 0 Å². The van der Waals surface area contributed by atoms with Crippen LogP contribution in [0.15, 0.2) is 41.9 Å². The van der Waals surface area contributed by atoms with E-state index in [2.05, 4.69) is 65.2 Å². The maximum Gasteiger partial charge on any atom is 0.324 e. The van der Waals surface area contributed by atoms with Crippen LogP contribution in [0.4, 0.5) is 4.79 Å². The van der Waals surface area contributed by atoms with E-state index < -0.39 is 23.5 Å². The fraction of sp³-hybridized carbons (Fsp3) is 0.525. The molecule has 4 aromatic rings. The van der Waals surface area contributed by atoms with Gasteiger partial charge in [0.25, 0.3) is 5.91 Å². The molecule has 3 aliphatic heterocycles. The zero-order valence-corrected chi connectivity index (χ0v) is 37.7. The number of nitrogens with zero attached hydrogens (tertiary/aromatic N) is 6. The minimum absolute atomic E-state index is 0. The summed E-state index contributed by atoms with van der Waals surface area (Å²) in [6.45, 7) is 10.9. The van der Waals surface area contributed by atoms with E-state index >= 15 is 0 Å². The lowest BCUT2D eigenvalue weighted by atomic mass is 9.84. The predicted octanol–water partition coefficient (Wildman–Crippen LogP) is 5.38. The number of carbonyl (C=O) groups excluding carboxylic acids is 3. The number of hydrogen-bond donors (Lipinski definition) is 2. The van der Waals surface area contributed by atoms with E-state index in [0.717, 1.165) is 56.2 Å². The molecule has 1 aromatic carbocycles. The van der Waals surface area contributed by atoms with E-state index in [1.807, 2.05) is 32.5 Å². The molecule has 3 aromatic heterocycles. The van der Waals surface area contributed by atoms with Crippen molar-refractivity contribution in [2.75, 3.05) is 47.4 Å². The Hall–Kier alpha value is -3.32. The Morgan fingerprint density at radius 2 is 1.93 bits per heavy atom. The number of thiazole rings is 1. The van der Waals surface area contributed by atoms with Crippen molar-refractivity contribution in [2.24, 2.45) is 5.41 Å². The van der Waals surface area contributed by atoms with Crippen LogP contribution in [0.2, 0.25) is 0 Å². The highest BCUT2D eigenvalue weighted by molar-refractivity contribution is 7.59. The average molecular weight is 859 g/mol. The van der Waals surface area contributed by atoms with E-state index in [4.69, 9.17) is 19.4 Å². The van der Waals surface area contributed by atoms with Gasteiger partial charge in [0.2, 0.25) is 0 Å². The number of methoxy groups -OCH3 is 1. The van der Waals surface area contributed by atoms with Gasteiger partial charge in [0, 0.05) is 84.8 Å². The molecule has 0 radical (unpaired) electrons. The number of amides is 3. The second kappa shape index (κ2) is 19.2. The summed E-state index contributed by atoms with van der Waals surface area (Å²) in [5, 5.41) is 8.34. The summed E-state index contributed by atoms with van der Waals surface area (Å²) in [5.74, 6) is -0.704. The summed E-state index contributed by atoms with van der Waals surface area (Å²) in [6.07, 6.45) is 3.57. The third kappa shape index (κ3) is 9.61. The Morgan fingerprint density at radius 1 is 1.18 bits per heavy atom. The van der Waals surface area contributed by atoms with E-state index in [-0.39, 0.29) is 77.6 Å². The Bertz CT molecular complexity index is 2050. The number of pyridine rings is 1. The van der Waals surface area contributed by atoms with Crippen LogP contribution in [0.25, 0.3) is 33.4 Å². The Morgan fingerprint density at radius 3 is 2.63 bits per heavy atom. The molecule has 0 unspecified atom stereocenters. The molecule has 0 saturated carbocycles. The number of aryl methyl sites for hydroxylation is 1. The molecule has 0 aliphatic carbocycles. The predicted molar refractivity (Wildman–Crippen MR) is 240 cm³/mol. The van der Waals surface area contributed by atoms with Gasteiger partial charge in [0.15, 0.2) is 0 Å². The summed E-state index contributed by atoms with van der Waals surface area (Å²) in [5.41, 5.74) is 9.63. The number of urea groups is 1. The zero-order valence-electron chi connectivity index (χ0n) is 33.8. The van der Waals surface area contributed by atoms with Gasteiger partial charge in [-0.25, -0.2) is 15.2 Å². The number of likely N-dealkylation sites (N-methyl/N-ethyl adjacent to an activating group) is 1. The van der Waals surface area contributed by atoms with Gasteiger partial charge >= 0.3 is 12.0 Å². The highest BCUT2D eigenvalue weighted by Crippen LogP contribution is 2.42. The Labute approximate surface area is 360 Å². The van der Waals surface area contributed by atoms with Crippen LogP contribution in [-0.4, -0.2) is 113 Å². The zero-order chi connectivity index (χ0) is 38.3. The van der Waals surface area contributed by atoms with Crippen LogP contribution in [-0.2, 0) is 38.4 Å². The molecule has 6 heterocycles. The first kappa shape index (κ1) is 46.4. The van der Waals surface area contributed by atoms with Gasteiger partial charge in [0.05, 0.1) is 34.8 Å². The largest absolute Gasteiger partial charge is 0.464 e. The van der Waals surface area contributed by atoms with Gasteiger partial charge in [-0.1, -0.05) is 19.9 Å². The number of carbonyl (C=O) groups is 3. The van der Waals surface area contributed by atoms with Crippen LogP contribution >= 0.6 is 51.8 Å². The lowest BCUT2D eigenvalue weighted by molar-refractivity contribution is -0.155. The number of rotatable bonds is 6. The first-order chi connectivity index (χ1) is 25.9. The lowest BCUT2D eigenvalue weighted by Gasteiger charge is -2.43. The van der Waals surface area contributed by atoms with Crippen LogP contribution in [0.1, 0.15) is 62.9 Å². The van der Waals surface area contributed by atoms with E-state index in [1.54, 1.807) is 18.2 Å². The van der Waals surface area contributed by atoms with Gasteiger partial charge in [-0.05, 0) is 77.0 Å². The fourth-order valence-corrected chi connectivity index (χ4v) is 8.60. The lowest BCUT2D eigenvalue weighted by Crippen LogP contribution is -2.65. The monoisotopic (exact) mass is 858 g/mol. The highest BCUT2D eigenvalue weighted by atomic mass is 32.1. The van der Waals surface area contributed by atoms with Gasteiger partial charge in [-0.3, -0.25) is 19.6 Å². The highest BCUT2D eigenvalue weighted by Gasteiger charge is 2.38. The van der Waals surface area contributed by atoms with Gasteiger partial charge in [0.1, 0.15) is 12.1 Å². The molecule has 2 N–H and O–H groups in total. The van der Waals surface area contributed by atoms with Gasteiger partial charge in [-0.15, -0.1) is 11.3 Å².